The summed E-state index contributed by atoms with van der Waals surface area (Å²) in [7, 11) is 0. The third-order valence-corrected chi connectivity index (χ3v) is 2.96. The van der Waals surface area contributed by atoms with Crippen LogP contribution in [0, 0.1) is 0 Å². The fourth-order valence-electron chi connectivity index (χ4n) is 1.52. The molecule has 0 radical (unpaired) electrons. The summed E-state index contributed by atoms with van der Waals surface area (Å²) in [4.78, 5) is 10.9. The quantitative estimate of drug-likeness (QED) is 0.866. The van der Waals surface area contributed by atoms with E-state index in [-0.39, 0.29) is 0 Å². The molecule has 0 fully saturated rings. The van der Waals surface area contributed by atoms with E-state index in [9.17, 15) is 4.79 Å². The highest BCUT2D eigenvalue weighted by molar-refractivity contribution is 9.10. The highest BCUT2D eigenvalue weighted by Gasteiger charge is 2.08. The average molecular weight is 286 g/mol. The van der Waals surface area contributed by atoms with Gasteiger partial charge in [-0.25, -0.2) is 4.79 Å². The number of halogens is 1. The molecule has 0 heterocycles. The Morgan fingerprint density at radius 3 is 2.50 bits per heavy atom. The van der Waals surface area contributed by atoms with Gasteiger partial charge in [0.2, 0.25) is 0 Å². The number of benzene rings is 1. The normalized spacial score (nSPS) is 10.5. The molecule has 88 valence electrons. The molecular weight excluding hydrogens is 270 g/mol. The van der Waals surface area contributed by atoms with Crippen LogP contribution in [0.3, 0.4) is 0 Å². The summed E-state index contributed by atoms with van der Waals surface area (Å²) in [6.07, 6.45) is 2.04. The number of anilines is 1. The lowest BCUT2D eigenvalue weighted by Crippen LogP contribution is -2.17. The zero-order chi connectivity index (χ0) is 12.1. The summed E-state index contributed by atoms with van der Waals surface area (Å²) in [6, 6.07) is 5.53. The monoisotopic (exact) mass is 285 g/mol. The summed E-state index contributed by atoms with van der Waals surface area (Å²) in [5, 5.41) is 12.3. The summed E-state index contributed by atoms with van der Waals surface area (Å²) in [5.41, 5.74) is 1.14. The van der Waals surface area contributed by atoms with Gasteiger partial charge in [-0.15, -0.1) is 0 Å². The SMILES string of the molecule is CCC(CC)Nc1cc(Br)cc(C(=O)O)c1. The van der Waals surface area contributed by atoms with Crippen LogP contribution in [-0.2, 0) is 0 Å². The minimum Gasteiger partial charge on any atom is -0.478 e. The molecule has 0 amide bonds. The summed E-state index contributed by atoms with van der Waals surface area (Å²) in [6.45, 7) is 4.22. The zero-order valence-electron chi connectivity index (χ0n) is 9.46. The van der Waals surface area contributed by atoms with Gasteiger partial charge in [0.05, 0.1) is 5.56 Å². The van der Waals surface area contributed by atoms with Crippen LogP contribution in [0.15, 0.2) is 22.7 Å². The van der Waals surface area contributed by atoms with Crippen LogP contribution >= 0.6 is 15.9 Å². The molecule has 16 heavy (non-hydrogen) atoms. The van der Waals surface area contributed by atoms with Crippen molar-refractivity contribution in [3.63, 3.8) is 0 Å². The van der Waals surface area contributed by atoms with Crippen LogP contribution in [0.1, 0.15) is 37.0 Å². The predicted octanol–water partition coefficient (Wildman–Crippen LogP) is 3.75. The minimum absolute atomic E-state index is 0.294. The molecule has 1 rings (SSSR count). The van der Waals surface area contributed by atoms with Gasteiger partial charge in [-0.2, -0.15) is 0 Å². The number of hydrogen-bond acceptors (Lipinski definition) is 2. The van der Waals surface area contributed by atoms with Crippen LogP contribution in [0.5, 0.6) is 0 Å². The molecule has 0 saturated carbocycles. The Kier molecular flexibility index (Phi) is 4.80. The Labute approximate surface area is 104 Å². The fourth-order valence-corrected chi connectivity index (χ4v) is 2.02. The van der Waals surface area contributed by atoms with Crippen LogP contribution < -0.4 is 5.32 Å². The zero-order valence-corrected chi connectivity index (χ0v) is 11.0. The fraction of sp³-hybridized carbons (Fsp3) is 0.417. The standard InChI is InChI=1S/C12H16BrNO2/c1-3-10(4-2)14-11-6-8(12(15)16)5-9(13)7-11/h5-7,10,14H,3-4H2,1-2H3,(H,15,16). The molecule has 2 N–H and O–H groups in total. The number of carboxylic acid groups (broad SMARTS) is 1. The van der Waals surface area contributed by atoms with Gasteiger partial charge < -0.3 is 10.4 Å². The molecule has 0 saturated heterocycles. The van der Waals surface area contributed by atoms with Crippen molar-refractivity contribution in [1.29, 1.82) is 0 Å². The van der Waals surface area contributed by atoms with Gasteiger partial charge in [0.1, 0.15) is 0 Å². The number of hydrogen-bond donors (Lipinski definition) is 2. The largest absolute Gasteiger partial charge is 0.478 e. The number of carbonyl (C=O) groups is 1. The first kappa shape index (κ1) is 13.0. The van der Waals surface area contributed by atoms with Crippen molar-refractivity contribution in [1.82, 2.24) is 0 Å². The second-order valence-electron chi connectivity index (χ2n) is 3.69. The number of nitrogens with one attached hydrogen (secondary N) is 1. The van der Waals surface area contributed by atoms with Gasteiger partial charge >= 0.3 is 5.97 Å². The lowest BCUT2D eigenvalue weighted by Gasteiger charge is -2.16. The Morgan fingerprint density at radius 1 is 1.38 bits per heavy atom. The van der Waals surface area contributed by atoms with Gasteiger partial charge in [0.15, 0.2) is 0 Å². The van der Waals surface area contributed by atoms with Crippen molar-refractivity contribution < 1.29 is 9.90 Å². The first-order valence-corrected chi connectivity index (χ1v) is 6.16. The molecule has 1 aromatic rings. The Hall–Kier alpha value is -1.03. The Bertz CT molecular complexity index is 375. The molecule has 0 bridgehead atoms. The topological polar surface area (TPSA) is 49.3 Å². The summed E-state index contributed by atoms with van der Waals surface area (Å²) < 4.78 is 0.779. The molecule has 0 spiro atoms. The van der Waals surface area contributed by atoms with Crippen molar-refractivity contribution in [2.24, 2.45) is 0 Å². The van der Waals surface area contributed by atoms with Crippen LogP contribution in [0.2, 0.25) is 0 Å². The highest BCUT2D eigenvalue weighted by atomic mass is 79.9. The highest BCUT2D eigenvalue weighted by Crippen LogP contribution is 2.21. The molecular formula is C12H16BrNO2. The average Bonchev–Trinajstić information content (AvgIpc) is 2.25. The van der Waals surface area contributed by atoms with Crippen LogP contribution in [-0.4, -0.2) is 17.1 Å². The van der Waals surface area contributed by atoms with E-state index in [0.29, 0.717) is 11.6 Å². The van der Waals surface area contributed by atoms with E-state index in [4.69, 9.17) is 5.11 Å². The third kappa shape index (κ3) is 3.52. The summed E-state index contributed by atoms with van der Waals surface area (Å²) in [5.74, 6) is -0.908. The smallest absolute Gasteiger partial charge is 0.335 e. The molecule has 0 aliphatic carbocycles. The number of aromatic carboxylic acids is 1. The molecule has 0 aromatic heterocycles. The van der Waals surface area contributed by atoms with Gasteiger partial charge in [-0.3, -0.25) is 0 Å². The van der Waals surface area contributed by atoms with Gasteiger partial charge in [-0.1, -0.05) is 29.8 Å². The predicted molar refractivity (Wildman–Crippen MR) is 69.1 cm³/mol. The van der Waals surface area contributed by atoms with Gasteiger partial charge in [0.25, 0.3) is 0 Å². The number of carboxylic acids is 1. The van der Waals surface area contributed by atoms with Crippen molar-refractivity contribution in [3.8, 4) is 0 Å². The maximum absolute atomic E-state index is 10.9. The lowest BCUT2D eigenvalue weighted by atomic mass is 10.1. The van der Waals surface area contributed by atoms with E-state index < -0.39 is 5.97 Å². The molecule has 0 unspecified atom stereocenters. The van der Waals surface area contributed by atoms with Crippen molar-refractivity contribution in [2.75, 3.05) is 5.32 Å². The van der Waals surface area contributed by atoms with Crippen molar-refractivity contribution >= 4 is 27.6 Å². The van der Waals surface area contributed by atoms with Gasteiger partial charge in [0, 0.05) is 16.2 Å². The van der Waals surface area contributed by atoms with E-state index in [1.54, 1.807) is 12.1 Å². The number of rotatable bonds is 5. The Morgan fingerprint density at radius 2 is 2.00 bits per heavy atom. The van der Waals surface area contributed by atoms with Gasteiger partial charge in [-0.05, 0) is 31.0 Å². The van der Waals surface area contributed by atoms with E-state index in [1.165, 1.54) is 0 Å². The van der Waals surface area contributed by atoms with Crippen LogP contribution in [0.4, 0.5) is 5.69 Å². The van der Waals surface area contributed by atoms with E-state index in [1.807, 2.05) is 6.07 Å². The lowest BCUT2D eigenvalue weighted by molar-refractivity contribution is 0.0697. The maximum atomic E-state index is 10.9. The first-order valence-electron chi connectivity index (χ1n) is 5.37. The maximum Gasteiger partial charge on any atom is 0.335 e. The van der Waals surface area contributed by atoms with E-state index >= 15 is 0 Å². The molecule has 0 aliphatic rings. The minimum atomic E-state index is -0.908. The molecule has 4 heteroatoms. The second kappa shape index (κ2) is 5.89. The second-order valence-corrected chi connectivity index (χ2v) is 4.61. The van der Waals surface area contributed by atoms with E-state index in [2.05, 4.69) is 35.1 Å². The van der Waals surface area contributed by atoms with Crippen molar-refractivity contribution in [2.45, 2.75) is 32.7 Å². The summed E-state index contributed by atoms with van der Waals surface area (Å²) >= 11 is 3.31. The molecule has 3 nitrogen and oxygen atoms in total. The van der Waals surface area contributed by atoms with Crippen LogP contribution in [0.25, 0.3) is 0 Å². The molecule has 0 atom stereocenters. The van der Waals surface area contributed by atoms with E-state index in [0.717, 1.165) is 23.0 Å². The molecule has 1 aromatic carbocycles. The first-order chi connectivity index (χ1) is 7.56. The molecule has 0 aliphatic heterocycles. The third-order valence-electron chi connectivity index (χ3n) is 2.50. The van der Waals surface area contributed by atoms with Crippen molar-refractivity contribution in [3.05, 3.63) is 28.2 Å². The Balaban J connectivity index is 2.91.